The fourth-order valence-electron chi connectivity index (χ4n) is 2.18. The van der Waals surface area contributed by atoms with Crippen LogP contribution in [-0.2, 0) is 0 Å². The highest BCUT2D eigenvalue weighted by molar-refractivity contribution is 5.95. The lowest BCUT2D eigenvalue weighted by atomic mass is 10.0. The van der Waals surface area contributed by atoms with Crippen molar-refractivity contribution in [3.8, 4) is 17.3 Å². The van der Waals surface area contributed by atoms with Crippen LogP contribution in [0.5, 0.6) is 0 Å². The standard InChI is InChI=1S/C16H11N3O/c1-10(20)11-4-5-18-16(7-11)12-2-3-15-14(6-12)13(8-17)9-19-15/h2-7,9,19H,1H3. The Hall–Kier alpha value is -2.93. The van der Waals surface area contributed by atoms with Crippen LogP contribution in [0, 0.1) is 11.3 Å². The number of Topliss-reactive ketones (excluding diaryl/α,β-unsaturated/α-hetero) is 1. The van der Waals surface area contributed by atoms with E-state index in [1.54, 1.807) is 24.5 Å². The molecular formula is C16H11N3O. The third kappa shape index (κ3) is 1.95. The van der Waals surface area contributed by atoms with Gasteiger partial charge in [0.25, 0.3) is 0 Å². The van der Waals surface area contributed by atoms with E-state index in [0.29, 0.717) is 11.1 Å². The summed E-state index contributed by atoms with van der Waals surface area (Å²) >= 11 is 0. The van der Waals surface area contributed by atoms with Crippen LogP contribution in [0.3, 0.4) is 0 Å². The van der Waals surface area contributed by atoms with Gasteiger partial charge in [-0.25, -0.2) is 0 Å². The lowest BCUT2D eigenvalue weighted by Crippen LogP contribution is -1.93. The SMILES string of the molecule is CC(=O)c1ccnc(-c2ccc3[nH]cc(C#N)c3c2)c1. The molecule has 3 aromatic rings. The zero-order valence-electron chi connectivity index (χ0n) is 10.8. The Labute approximate surface area is 115 Å². The maximum absolute atomic E-state index is 11.4. The monoisotopic (exact) mass is 261 g/mol. The second-order valence-electron chi connectivity index (χ2n) is 4.56. The van der Waals surface area contributed by atoms with Crippen LogP contribution < -0.4 is 0 Å². The number of aromatic nitrogens is 2. The van der Waals surface area contributed by atoms with Crippen molar-refractivity contribution in [3.05, 3.63) is 53.9 Å². The molecule has 4 heteroatoms. The fourth-order valence-corrected chi connectivity index (χ4v) is 2.18. The number of ketones is 1. The molecule has 0 atom stereocenters. The molecule has 0 aliphatic carbocycles. The largest absolute Gasteiger partial charge is 0.360 e. The Morgan fingerprint density at radius 1 is 1.30 bits per heavy atom. The molecule has 0 fully saturated rings. The summed E-state index contributed by atoms with van der Waals surface area (Å²) in [6.07, 6.45) is 3.31. The Bertz CT molecular complexity index is 856. The number of benzene rings is 1. The topological polar surface area (TPSA) is 69.5 Å². The van der Waals surface area contributed by atoms with Gasteiger partial charge in [0.15, 0.2) is 5.78 Å². The molecule has 0 amide bonds. The third-order valence-electron chi connectivity index (χ3n) is 3.26. The van der Waals surface area contributed by atoms with Gasteiger partial charge in [0, 0.05) is 34.4 Å². The van der Waals surface area contributed by atoms with E-state index in [1.165, 1.54) is 6.92 Å². The van der Waals surface area contributed by atoms with Crippen LogP contribution in [0.2, 0.25) is 0 Å². The first-order valence-corrected chi connectivity index (χ1v) is 6.17. The lowest BCUT2D eigenvalue weighted by Gasteiger charge is -2.03. The van der Waals surface area contributed by atoms with Crippen LogP contribution in [0.1, 0.15) is 22.8 Å². The van der Waals surface area contributed by atoms with Gasteiger partial charge in [-0.1, -0.05) is 6.07 Å². The number of rotatable bonds is 2. The van der Waals surface area contributed by atoms with Crippen LogP contribution in [0.25, 0.3) is 22.2 Å². The summed E-state index contributed by atoms with van der Waals surface area (Å²) in [6.45, 7) is 1.53. The quantitative estimate of drug-likeness (QED) is 0.719. The lowest BCUT2D eigenvalue weighted by molar-refractivity contribution is 0.101. The molecule has 20 heavy (non-hydrogen) atoms. The summed E-state index contributed by atoms with van der Waals surface area (Å²) in [5.41, 5.74) is 3.75. The van der Waals surface area contributed by atoms with Crippen molar-refractivity contribution in [3.63, 3.8) is 0 Å². The van der Waals surface area contributed by atoms with Gasteiger partial charge in [0.1, 0.15) is 6.07 Å². The Balaban J connectivity index is 2.17. The van der Waals surface area contributed by atoms with E-state index in [9.17, 15) is 4.79 Å². The molecule has 96 valence electrons. The van der Waals surface area contributed by atoms with Gasteiger partial charge in [-0.3, -0.25) is 9.78 Å². The number of aromatic amines is 1. The molecule has 0 saturated heterocycles. The number of fused-ring (bicyclic) bond motifs is 1. The second-order valence-corrected chi connectivity index (χ2v) is 4.56. The predicted octanol–water partition coefficient (Wildman–Crippen LogP) is 3.30. The molecular weight excluding hydrogens is 250 g/mol. The van der Waals surface area contributed by atoms with Crippen molar-refractivity contribution in [2.24, 2.45) is 0 Å². The van der Waals surface area contributed by atoms with Crippen molar-refractivity contribution in [1.29, 1.82) is 5.26 Å². The fraction of sp³-hybridized carbons (Fsp3) is 0.0625. The Kier molecular flexibility index (Phi) is 2.81. The summed E-state index contributed by atoms with van der Waals surface area (Å²) in [4.78, 5) is 18.8. The van der Waals surface area contributed by atoms with E-state index in [1.807, 2.05) is 18.2 Å². The number of pyridine rings is 1. The minimum atomic E-state index is 0.00841. The van der Waals surface area contributed by atoms with Crippen molar-refractivity contribution >= 4 is 16.7 Å². The molecule has 0 aliphatic rings. The number of carbonyl (C=O) groups is 1. The van der Waals surface area contributed by atoms with E-state index in [2.05, 4.69) is 16.0 Å². The zero-order chi connectivity index (χ0) is 14.1. The minimum Gasteiger partial charge on any atom is -0.360 e. The summed E-state index contributed by atoms with van der Waals surface area (Å²) in [5, 5.41) is 9.93. The highest BCUT2D eigenvalue weighted by Gasteiger charge is 2.07. The Morgan fingerprint density at radius 2 is 2.15 bits per heavy atom. The molecule has 0 aliphatic heterocycles. The number of hydrogen-bond acceptors (Lipinski definition) is 3. The third-order valence-corrected chi connectivity index (χ3v) is 3.26. The summed E-state index contributed by atoms with van der Waals surface area (Å²) < 4.78 is 0. The molecule has 3 rings (SSSR count). The normalized spacial score (nSPS) is 10.4. The van der Waals surface area contributed by atoms with E-state index in [-0.39, 0.29) is 5.78 Å². The first-order chi connectivity index (χ1) is 9.69. The predicted molar refractivity (Wildman–Crippen MR) is 76.2 cm³/mol. The molecule has 1 N–H and O–H groups in total. The maximum Gasteiger partial charge on any atom is 0.159 e. The van der Waals surface area contributed by atoms with Gasteiger partial charge in [0.2, 0.25) is 0 Å². The second kappa shape index (κ2) is 4.63. The van der Waals surface area contributed by atoms with Crippen molar-refractivity contribution < 1.29 is 4.79 Å². The molecule has 2 heterocycles. The molecule has 0 spiro atoms. The number of carbonyl (C=O) groups excluding carboxylic acids is 1. The molecule has 0 bridgehead atoms. The first kappa shape index (κ1) is 12.1. The van der Waals surface area contributed by atoms with Crippen molar-refractivity contribution in [2.75, 3.05) is 0 Å². The number of nitrogens with one attached hydrogen (secondary N) is 1. The van der Waals surface area contributed by atoms with Crippen molar-refractivity contribution in [1.82, 2.24) is 9.97 Å². The molecule has 1 aromatic carbocycles. The highest BCUT2D eigenvalue weighted by atomic mass is 16.1. The van der Waals surface area contributed by atoms with Crippen LogP contribution in [0.15, 0.2) is 42.7 Å². The molecule has 4 nitrogen and oxygen atoms in total. The Morgan fingerprint density at radius 3 is 2.90 bits per heavy atom. The summed E-state index contributed by atoms with van der Waals surface area (Å²) in [7, 11) is 0. The van der Waals surface area contributed by atoms with Crippen LogP contribution in [0.4, 0.5) is 0 Å². The minimum absolute atomic E-state index is 0.00841. The number of nitriles is 1. The van der Waals surface area contributed by atoms with Gasteiger partial charge in [-0.15, -0.1) is 0 Å². The molecule has 0 radical (unpaired) electrons. The van der Waals surface area contributed by atoms with E-state index >= 15 is 0 Å². The summed E-state index contributed by atoms with van der Waals surface area (Å²) in [6, 6.07) is 11.4. The molecule has 0 unspecified atom stereocenters. The van der Waals surface area contributed by atoms with E-state index in [0.717, 1.165) is 22.2 Å². The highest BCUT2D eigenvalue weighted by Crippen LogP contribution is 2.25. The summed E-state index contributed by atoms with van der Waals surface area (Å²) in [5.74, 6) is 0.00841. The molecule has 0 saturated carbocycles. The van der Waals surface area contributed by atoms with Crippen LogP contribution >= 0.6 is 0 Å². The van der Waals surface area contributed by atoms with Crippen molar-refractivity contribution in [2.45, 2.75) is 6.92 Å². The first-order valence-electron chi connectivity index (χ1n) is 6.17. The van der Waals surface area contributed by atoms with E-state index < -0.39 is 0 Å². The number of hydrogen-bond donors (Lipinski definition) is 1. The van der Waals surface area contributed by atoms with Gasteiger partial charge < -0.3 is 4.98 Å². The average molecular weight is 261 g/mol. The van der Waals surface area contributed by atoms with Gasteiger partial charge >= 0.3 is 0 Å². The molecule has 2 aromatic heterocycles. The maximum atomic E-state index is 11.4. The van der Waals surface area contributed by atoms with Gasteiger partial charge in [-0.2, -0.15) is 5.26 Å². The average Bonchev–Trinajstić information content (AvgIpc) is 2.89. The van der Waals surface area contributed by atoms with E-state index in [4.69, 9.17) is 5.26 Å². The van der Waals surface area contributed by atoms with Gasteiger partial charge in [0.05, 0.1) is 11.3 Å². The smallest absolute Gasteiger partial charge is 0.159 e. The number of H-pyrrole nitrogens is 1. The number of nitrogens with zero attached hydrogens (tertiary/aromatic N) is 2. The van der Waals surface area contributed by atoms with Gasteiger partial charge in [-0.05, 0) is 31.2 Å². The zero-order valence-corrected chi connectivity index (χ0v) is 10.8. The van der Waals surface area contributed by atoms with Crippen LogP contribution in [-0.4, -0.2) is 15.8 Å².